The van der Waals surface area contributed by atoms with Crippen molar-refractivity contribution in [3.05, 3.63) is 20.8 Å². The van der Waals surface area contributed by atoms with Gasteiger partial charge in [-0.2, -0.15) is 13.2 Å². The van der Waals surface area contributed by atoms with E-state index < -0.39 is 18.1 Å². The molecule has 0 saturated heterocycles. The van der Waals surface area contributed by atoms with Gasteiger partial charge < -0.3 is 4.90 Å². The molecule has 2 unspecified atom stereocenters. The molecular formula is C11H11F3N2S. The zero-order valence-corrected chi connectivity index (χ0v) is 9.98. The van der Waals surface area contributed by atoms with Crippen LogP contribution in [0, 0.1) is 12.8 Å². The highest BCUT2D eigenvalue weighted by Gasteiger charge is 2.57. The quantitative estimate of drug-likeness (QED) is 0.749. The number of halogens is 3. The number of aryl methyl sites for hydroxylation is 1. The van der Waals surface area contributed by atoms with Crippen molar-refractivity contribution in [3.63, 3.8) is 0 Å². The molecule has 2 nitrogen and oxygen atoms in total. The molecule has 1 fully saturated rings. The summed E-state index contributed by atoms with van der Waals surface area (Å²) < 4.78 is 38.4. The Bertz CT molecular complexity index is 560. The van der Waals surface area contributed by atoms with Crippen molar-refractivity contribution in [1.82, 2.24) is 4.90 Å². The molecule has 3 rings (SSSR count). The second-order valence-corrected chi connectivity index (χ2v) is 5.39. The lowest BCUT2D eigenvalue weighted by molar-refractivity contribution is -0.151. The maximum absolute atomic E-state index is 12.5. The Kier molecular flexibility index (Phi) is 2.26. The fraction of sp³-hybridized carbons (Fsp3) is 0.545. The average Bonchev–Trinajstić information content (AvgIpc) is 2.99. The highest BCUT2D eigenvalue weighted by atomic mass is 32.1. The van der Waals surface area contributed by atoms with Crippen LogP contribution in [0.3, 0.4) is 0 Å². The van der Waals surface area contributed by atoms with E-state index in [1.54, 1.807) is 16.2 Å². The van der Waals surface area contributed by atoms with Gasteiger partial charge in [-0.1, -0.05) is 0 Å². The van der Waals surface area contributed by atoms with Crippen molar-refractivity contribution < 1.29 is 13.2 Å². The van der Waals surface area contributed by atoms with E-state index in [-0.39, 0.29) is 6.42 Å². The maximum atomic E-state index is 12.5. The normalized spacial score (nSPS) is 27.2. The van der Waals surface area contributed by atoms with E-state index in [4.69, 9.17) is 0 Å². The van der Waals surface area contributed by atoms with E-state index in [1.165, 1.54) is 0 Å². The molecule has 0 radical (unpaired) electrons. The molecule has 2 aliphatic rings. The maximum Gasteiger partial charge on any atom is 0.393 e. The van der Waals surface area contributed by atoms with Gasteiger partial charge in [0.1, 0.15) is 11.3 Å². The lowest BCUT2D eigenvalue weighted by Gasteiger charge is -2.20. The fourth-order valence-corrected chi connectivity index (χ4v) is 3.06. The second-order valence-electron chi connectivity index (χ2n) is 4.53. The first kappa shape index (κ1) is 11.1. The molecule has 1 aliphatic carbocycles. The zero-order chi connectivity index (χ0) is 12.2. The molecule has 6 heteroatoms. The van der Waals surface area contributed by atoms with E-state index >= 15 is 0 Å². The number of fused-ring (bicyclic) bond motifs is 1. The Hall–Kier alpha value is -1.04. The minimum absolute atomic E-state index is 0.202. The minimum atomic E-state index is -4.07. The van der Waals surface area contributed by atoms with Crippen LogP contribution in [-0.2, 0) is 0 Å². The van der Waals surface area contributed by atoms with Crippen LogP contribution in [-0.4, -0.2) is 23.8 Å². The Morgan fingerprint density at radius 1 is 1.47 bits per heavy atom. The summed E-state index contributed by atoms with van der Waals surface area (Å²) in [6, 6.07) is -0.411. The SMILES string of the molecule is Cc1csc2c1=CN(C1CC1C(F)(F)F)CN=2. The van der Waals surface area contributed by atoms with Crippen molar-refractivity contribution >= 4 is 17.5 Å². The molecule has 0 aromatic carbocycles. The van der Waals surface area contributed by atoms with Gasteiger partial charge in [-0.3, -0.25) is 4.99 Å². The third kappa shape index (κ3) is 1.84. The van der Waals surface area contributed by atoms with E-state index in [0.29, 0.717) is 6.67 Å². The number of rotatable bonds is 1. The Morgan fingerprint density at radius 2 is 2.24 bits per heavy atom. The molecule has 0 bridgehead atoms. The molecule has 0 N–H and O–H groups in total. The smallest absolute Gasteiger partial charge is 0.354 e. The number of thiophene rings is 1. The molecule has 1 saturated carbocycles. The van der Waals surface area contributed by atoms with E-state index in [0.717, 1.165) is 15.5 Å². The molecule has 0 amide bonds. The first-order chi connectivity index (χ1) is 7.97. The second kappa shape index (κ2) is 3.48. The topological polar surface area (TPSA) is 15.6 Å². The molecular weight excluding hydrogens is 249 g/mol. The van der Waals surface area contributed by atoms with Gasteiger partial charge in [-0.15, -0.1) is 11.3 Å². The molecule has 0 spiro atoms. The van der Waals surface area contributed by atoms with Gasteiger partial charge in [-0.05, 0) is 24.3 Å². The van der Waals surface area contributed by atoms with Crippen LogP contribution in [0.15, 0.2) is 10.4 Å². The lowest BCUT2D eigenvalue weighted by atomic mass is 10.3. The Labute approximate surface area is 100 Å². The van der Waals surface area contributed by atoms with Gasteiger partial charge in [-0.25, -0.2) is 0 Å². The molecule has 2 heterocycles. The molecule has 1 aromatic heterocycles. The number of hydrogen-bond donors (Lipinski definition) is 0. The Balaban J connectivity index is 1.86. The highest BCUT2D eigenvalue weighted by Crippen LogP contribution is 2.47. The first-order valence-corrected chi connectivity index (χ1v) is 6.27. The highest BCUT2D eigenvalue weighted by molar-refractivity contribution is 7.07. The number of nitrogens with zero attached hydrogens (tertiary/aromatic N) is 2. The average molecular weight is 260 g/mol. The van der Waals surface area contributed by atoms with Crippen LogP contribution in [0.1, 0.15) is 12.0 Å². The van der Waals surface area contributed by atoms with Crippen LogP contribution < -0.4 is 9.89 Å². The summed E-state index contributed by atoms with van der Waals surface area (Å²) >= 11 is 1.55. The lowest BCUT2D eigenvalue weighted by Crippen LogP contribution is -2.36. The van der Waals surface area contributed by atoms with E-state index in [9.17, 15) is 13.2 Å². The summed E-state index contributed by atoms with van der Waals surface area (Å²) in [5, 5.41) is 2.97. The van der Waals surface area contributed by atoms with Crippen LogP contribution in [0.5, 0.6) is 0 Å². The predicted molar refractivity (Wildman–Crippen MR) is 59.0 cm³/mol. The molecule has 92 valence electrons. The van der Waals surface area contributed by atoms with Crippen molar-refractivity contribution in [2.45, 2.75) is 25.6 Å². The van der Waals surface area contributed by atoms with Crippen molar-refractivity contribution in [3.8, 4) is 0 Å². The van der Waals surface area contributed by atoms with Gasteiger partial charge in [0.2, 0.25) is 0 Å². The number of alkyl halides is 3. The summed E-state index contributed by atoms with van der Waals surface area (Å²) in [5.74, 6) is -1.17. The third-order valence-electron chi connectivity index (χ3n) is 3.28. The molecule has 2 atom stereocenters. The Morgan fingerprint density at radius 3 is 2.88 bits per heavy atom. The standard InChI is InChI=1S/C11H11F3N2S/c1-6-4-17-10-7(6)3-16(5-15-10)9-2-8(9)11(12,13)14/h3-4,8-9H,2,5H2,1H3. The van der Waals surface area contributed by atoms with E-state index in [2.05, 4.69) is 4.99 Å². The van der Waals surface area contributed by atoms with Gasteiger partial charge in [0.05, 0.1) is 5.92 Å². The van der Waals surface area contributed by atoms with Crippen molar-refractivity contribution in [2.24, 2.45) is 10.9 Å². The van der Waals surface area contributed by atoms with Gasteiger partial charge in [0.25, 0.3) is 0 Å². The predicted octanol–water partition coefficient (Wildman–Crippen LogP) is 1.64. The van der Waals surface area contributed by atoms with Gasteiger partial charge >= 0.3 is 6.18 Å². The van der Waals surface area contributed by atoms with E-state index in [1.807, 2.05) is 18.5 Å². The van der Waals surface area contributed by atoms with Crippen molar-refractivity contribution in [2.75, 3.05) is 6.67 Å². The van der Waals surface area contributed by atoms with Crippen LogP contribution in [0.25, 0.3) is 6.20 Å². The van der Waals surface area contributed by atoms with Crippen LogP contribution >= 0.6 is 11.3 Å². The van der Waals surface area contributed by atoms with Gasteiger partial charge in [0, 0.05) is 17.5 Å². The minimum Gasteiger partial charge on any atom is -0.354 e. The largest absolute Gasteiger partial charge is 0.393 e. The first-order valence-electron chi connectivity index (χ1n) is 5.40. The summed E-state index contributed by atoms with van der Waals surface area (Å²) in [6.07, 6.45) is -2.03. The summed E-state index contributed by atoms with van der Waals surface area (Å²) in [6.45, 7) is 2.31. The zero-order valence-electron chi connectivity index (χ0n) is 9.16. The molecule has 1 aliphatic heterocycles. The van der Waals surface area contributed by atoms with Crippen LogP contribution in [0.4, 0.5) is 13.2 Å². The molecule has 1 aromatic rings. The number of hydrogen-bond acceptors (Lipinski definition) is 3. The summed E-state index contributed by atoms with van der Waals surface area (Å²) in [5.41, 5.74) is 1.09. The summed E-state index contributed by atoms with van der Waals surface area (Å²) in [7, 11) is 0. The van der Waals surface area contributed by atoms with Gasteiger partial charge in [0.15, 0.2) is 0 Å². The van der Waals surface area contributed by atoms with Crippen LogP contribution in [0.2, 0.25) is 0 Å². The summed E-state index contributed by atoms with van der Waals surface area (Å²) in [4.78, 5) is 6.04. The third-order valence-corrected chi connectivity index (χ3v) is 4.32. The van der Waals surface area contributed by atoms with Crippen molar-refractivity contribution in [1.29, 1.82) is 0 Å². The monoisotopic (exact) mass is 260 g/mol. The molecule has 17 heavy (non-hydrogen) atoms. The fourth-order valence-electron chi connectivity index (χ4n) is 2.17.